The number of esters is 1. The van der Waals surface area contributed by atoms with Gasteiger partial charge in [-0.15, -0.1) is 0 Å². The lowest BCUT2D eigenvalue weighted by Crippen LogP contribution is -2.63. The van der Waals surface area contributed by atoms with Crippen molar-refractivity contribution < 1.29 is 97.1 Å². The summed E-state index contributed by atoms with van der Waals surface area (Å²) in [6.07, 6.45) is -2.39. The first kappa shape index (κ1) is 88.0. The fourth-order valence-electron chi connectivity index (χ4n) is 10.7. The fourth-order valence-corrected chi connectivity index (χ4v) is 10.7. The van der Waals surface area contributed by atoms with Gasteiger partial charge in [-0.2, -0.15) is 0 Å². The van der Waals surface area contributed by atoms with Crippen molar-refractivity contribution in [3.8, 4) is 0 Å². The number of hydrogen-bond acceptors (Lipinski definition) is 18. The van der Waals surface area contributed by atoms with Gasteiger partial charge in [-0.3, -0.25) is 67.1 Å². The Morgan fingerprint density at radius 1 is 0.510 bits per heavy atom. The highest BCUT2D eigenvalue weighted by molar-refractivity contribution is 6.00. The topological polar surface area (TPSA) is 505 Å². The Morgan fingerprint density at radius 3 is 1.39 bits per heavy atom. The number of carbonyl (C=O) groups is 15. The van der Waals surface area contributed by atoms with Crippen LogP contribution in [-0.2, 0) is 76.7 Å². The third kappa shape index (κ3) is 34.0. The van der Waals surface area contributed by atoms with Gasteiger partial charge in [0, 0.05) is 6.42 Å². The van der Waals surface area contributed by atoms with Crippen LogP contribution in [-0.4, -0.2) is 194 Å². The lowest BCUT2D eigenvalue weighted by Gasteiger charge is -2.31. The van der Waals surface area contributed by atoms with Gasteiger partial charge in [0.15, 0.2) is 0 Å². The van der Waals surface area contributed by atoms with E-state index in [0.717, 1.165) is 32.6 Å². The van der Waals surface area contributed by atoms with Crippen LogP contribution in [0.3, 0.4) is 0 Å². The molecule has 0 aromatic rings. The van der Waals surface area contributed by atoms with E-state index >= 15 is 0 Å². The molecule has 12 amide bonds. The average Bonchev–Trinajstić information content (AvgIpc) is 0.856. The highest BCUT2D eigenvalue weighted by Crippen LogP contribution is 2.18. The van der Waals surface area contributed by atoms with Crippen molar-refractivity contribution in [2.75, 3.05) is 6.61 Å². The number of carboxylic acid groups (broad SMARTS) is 2. The Bertz CT molecular complexity index is 2690. The van der Waals surface area contributed by atoms with E-state index in [2.05, 4.69) is 65.4 Å². The molecule has 1 heterocycles. The first-order chi connectivity index (χ1) is 45.7. The first-order valence-electron chi connectivity index (χ1n) is 34.3. The van der Waals surface area contributed by atoms with Crippen LogP contribution < -0.4 is 64.2 Å². The number of aliphatic hydroxyl groups excluding tert-OH is 2. The maximum atomic E-state index is 15.0. The van der Waals surface area contributed by atoms with Crippen molar-refractivity contribution >= 4 is 88.8 Å². The SMILES string of the molecule is CCCCCCC[C@@H](O)CC(=O)N[C@H](CC(C)C)C(=O)N[C@H](CC(=O)O)C(=O)N[C@H]1C(=O)N[C@@H](CC(C)C)C(=O)N[C@@H](CC(C)C)C(=O)N[C@@H](CO)C(=O)N[C@H](CC(C)C)C(=O)N[C@H](CCC(N)=O)C(=O)NC(CC(C)C)C(=O)N[C@H]([C@H](C)CC)C(=O)N[C@@H](CC(=O)O)C(=O)O[C@@H]1C. The van der Waals surface area contributed by atoms with E-state index < -0.39 is 212 Å². The summed E-state index contributed by atoms with van der Waals surface area (Å²) in [5.74, 6) is -20.2. The minimum Gasteiger partial charge on any atom is -0.481 e. The summed E-state index contributed by atoms with van der Waals surface area (Å²) in [7, 11) is 0. The molecule has 98 heavy (non-hydrogen) atoms. The van der Waals surface area contributed by atoms with Gasteiger partial charge in [0.1, 0.15) is 72.6 Å². The monoisotopic (exact) mass is 1390 g/mol. The van der Waals surface area contributed by atoms with Crippen molar-refractivity contribution in [1.29, 1.82) is 0 Å². The van der Waals surface area contributed by atoms with E-state index in [9.17, 15) is 92.3 Å². The van der Waals surface area contributed by atoms with Crippen molar-refractivity contribution in [3.05, 3.63) is 0 Å². The van der Waals surface area contributed by atoms with E-state index in [1.54, 1.807) is 76.2 Å². The van der Waals surface area contributed by atoms with Crippen molar-refractivity contribution in [1.82, 2.24) is 58.5 Å². The molecule has 1 aliphatic rings. The average molecular weight is 1400 g/mol. The minimum atomic E-state index is -2.21. The van der Waals surface area contributed by atoms with Gasteiger partial charge in [0.25, 0.3) is 0 Å². The van der Waals surface area contributed by atoms with Gasteiger partial charge < -0.3 is 89.4 Å². The number of carboxylic acids is 2. The van der Waals surface area contributed by atoms with E-state index in [4.69, 9.17) is 10.5 Å². The molecule has 1 aliphatic heterocycles. The number of unbranched alkanes of at least 4 members (excludes halogenated alkanes) is 4. The maximum Gasteiger partial charge on any atom is 0.329 e. The van der Waals surface area contributed by atoms with E-state index in [-0.39, 0.29) is 68.6 Å². The molecule has 0 bridgehead atoms. The zero-order chi connectivity index (χ0) is 74.8. The molecule has 0 aliphatic carbocycles. The van der Waals surface area contributed by atoms with Crippen molar-refractivity contribution in [2.45, 2.75) is 285 Å². The molecule has 1 saturated heterocycles. The maximum absolute atomic E-state index is 15.0. The van der Waals surface area contributed by atoms with Crippen LogP contribution in [0.25, 0.3) is 0 Å². The Balaban J connectivity index is 4.35. The smallest absolute Gasteiger partial charge is 0.329 e. The van der Waals surface area contributed by atoms with Gasteiger partial charge in [-0.25, -0.2) is 4.79 Å². The zero-order valence-corrected chi connectivity index (χ0v) is 59.6. The molecule has 1 unspecified atom stereocenters. The summed E-state index contributed by atoms with van der Waals surface area (Å²) in [6, 6.07) is -19.0. The molecular formula is C66H114N12O20. The molecule has 32 heteroatoms. The van der Waals surface area contributed by atoms with Gasteiger partial charge in [-0.1, -0.05) is 129 Å². The largest absolute Gasteiger partial charge is 0.481 e. The second-order valence-corrected chi connectivity index (χ2v) is 27.7. The molecule has 0 aromatic heterocycles. The number of aliphatic hydroxyl groups is 2. The lowest BCUT2D eigenvalue weighted by atomic mass is 9.96. The molecule has 0 radical (unpaired) electrons. The second kappa shape index (κ2) is 44.8. The first-order valence-corrected chi connectivity index (χ1v) is 34.3. The Labute approximate surface area is 575 Å². The van der Waals surface area contributed by atoms with Crippen LogP contribution in [0.4, 0.5) is 0 Å². The summed E-state index contributed by atoms with van der Waals surface area (Å²) in [5.41, 5.74) is 5.47. The van der Waals surface area contributed by atoms with Crippen molar-refractivity contribution in [3.63, 3.8) is 0 Å². The van der Waals surface area contributed by atoms with Gasteiger partial charge in [0.05, 0.1) is 32.0 Å². The number of carbonyl (C=O) groups excluding carboxylic acids is 13. The Hall–Kier alpha value is -8.03. The van der Waals surface area contributed by atoms with E-state index in [1.165, 1.54) is 6.92 Å². The van der Waals surface area contributed by atoms with Crippen LogP contribution in [0.1, 0.15) is 206 Å². The van der Waals surface area contributed by atoms with Crippen LogP contribution in [0, 0.1) is 35.5 Å². The number of nitrogens with two attached hydrogens (primary N) is 1. The van der Waals surface area contributed by atoms with Crippen LogP contribution in [0.2, 0.25) is 0 Å². The summed E-state index contributed by atoms with van der Waals surface area (Å²) in [4.78, 5) is 209. The number of ether oxygens (including phenoxy) is 1. The number of cyclic esters (lactones) is 1. The molecule has 17 N–H and O–H groups in total. The summed E-state index contributed by atoms with van der Waals surface area (Å²) in [6.45, 7) is 22.1. The fraction of sp³-hybridized carbons (Fsp3) is 0.773. The molecule has 0 spiro atoms. The molecule has 32 nitrogen and oxygen atoms in total. The Kier molecular flexibility index (Phi) is 40.2. The highest BCUT2D eigenvalue weighted by Gasteiger charge is 2.41. The molecule has 14 atom stereocenters. The third-order valence-corrected chi connectivity index (χ3v) is 16.0. The van der Waals surface area contributed by atoms with Crippen LogP contribution in [0.5, 0.6) is 0 Å². The van der Waals surface area contributed by atoms with Crippen molar-refractivity contribution in [2.24, 2.45) is 41.2 Å². The number of aliphatic carboxylic acids is 2. The van der Waals surface area contributed by atoms with E-state index in [0.29, 0.717) is 12.8 Å². The minimum absolute atomic E-state index is 0.0457. The molecular weight excluding hydrogens is 1280 g/mol. The number of primary amides is 1. The highest BCUT2D eigenvalue weighted by atomic mass is 16.5. The normalized spacial score (nSPS) is 23.8. The second-order valence-electron chi connectivity index (χ2n) is 27.7. The molecule has 558 valence electrons. The van der Waals surface area contributed by atoms with Crippen LogP contribution >= 0.6 is 0 Å². The van der Waals surface area contributed by atoms with Gasteiger partial charge in [-0.05, 0) is 87.4 Å². The predicted octanol–water partition coefficient (Wildman–Crippen LogP) is -0.140. The summed E-state index contributed by atoms with van der Waals surface area (Å²) in [5, 5.41) is 68.6. The number of amides is 12. The summed E-state index contributed by atoms with van der Waals surface area (Å²) >= 11 is 0. The lowest BCUT2D eigenvalue weighted by molar-refractivity contribution is -0.158. The van der Waals surface area contributed by atoms with Gasteiger partial charge in [0.2, 0.25) is 70.9 Å². The zero-order valence-electron chi connectivity index (χ0n) is 59.6. The molecule has 0 saturated carbocycles. The standard InChI is InChI=1S/C66H114N12O20/c1-15-17-18-19-20-21-40(80)29-51(82)68-42(24-33(3)4)57(88)73-47(30-52(83)84)62(93)78-55-39(14)98-66(97)48(31-53(85)86)75-64(95)54(38(13)16-2)77-61(92)46(28-37(11)12)70-56(87)41(22-23-50(67)81)69-58(89)43(25-34(5)6)72-63(94)49(32-79)76-60(91)44(26-35(7)8)71-59(90)45(27-36(9)10)74-65(55)96/h33-49,54-55,79-80H,15-32H2,1-14H3,(H2,67,81)(H,68,82)(H,69,89)(H,70,87)(H,71,90)(H,72,94)(H,73,88)(H,74,96)(H,75,95)(H,76,91)(H,77,92)(H,78,93)(H,83,84)(H,85,86)/t38-,39-,40-,41-,42-,43-,44+,45+,46?,47-,48+,49+,54-,55-/m1/s1. The molecule has 1 fully saturated rings. The Morgan fingerprint density at radius 2 is 0.949 bits per heavy atom. The van der Waals surface area contributed by atoms with E-state index in [1.807, 2.05) is 0 Å². The molecule has 0 aromatic carbocycles. The summed E-state index contributed by atoms with van der Waals surface area (Å²) < 4.78 is 5.69. The number of nitrogens with one attached hydrogen (secondary N) is 11. The quantitative estimate of drug-likeness (QED) is 0.0300. The third-order valence-electron chi connectivity index (χ3n) is 16.0. The predicted molar refractivity (Wildman–Crippen MR) is 358 cm³/mol. The van der Waals surface area contributed by atoms with Gasteiger partial charge >= 0.3 is 17.9 Å². The number of hydrogen-bond donors (Lipinski definition) is 16. The van der Waals surface area contributed by atoms with Crippen LogP contribution in [0.15, 0.2) is 0 Å². The molecule has 1 rings (SSSR count). The number of rotatable bonds is 33.